The summed E-state index contributed by atoms with van der Waals surface area (Å²) in [4.78, 5) is 38.1. The second kappa shape index (κ2) is 55.2. The molecule has 0 fully saturated rings. The molecule has 0 aromatic heterocycles. The summed E-state index contributed by atoms with van der Waals surface area (Å²) in [7, 11) is 0. The van der Waals surface area contributed by atoms with E-state index < -0.39 is 6.10 Å². The predicted octanol–water partition coefficient (Wildman–Crippen LogP) is 18.8. The highest BCUT2D eigenvalue weighted by Crippen LogP contribution is 2.15. The lowest BCUT2D eigenvalue weighted by atomic mass is 10.0. The van der Waals surface area contributed by atoms with Crippen LogP contribution in [0.5, 0.6) is 0 Å². The van der Waals surface area contributed by atoms with Gasteiger partial charge in [-0.3, -0.25) is 14.4 Å². The average Bonchev–Trinajstić information content (AvgIpc) is 3.33. The second-order valence-electron chi connectivity index (χ2n) is 18.4. The number of carbonyl (C=O) groups excluding carboxylic acids is 3. The Balaban J connectivity index is 4.32. The van der Waals surface area contributed by atoms with Gasteiger partial charge in [0.15, 0.2) is 6.10 Å². The molecule has 0 saturated carbocycles. The van der Waals surface area contributed by atoms with Crippen molar-refractivity contribution < 1.29 is 28.6 Å². The number of hydrogen-bond donors (Lipinski definition) is 0. The number of rotatable bonds is 50. The van der Waals surface area contributed by atoms with Crippen LogP contribution in [0.25, 0.3) is 0 Å². The Morgan fingerprint density at radius 2 is 0.582 bits per heavy atom. The predicted molar refractivity (Wildman–Crippen MR) is 288 cm³/mol. The summed E-state index contributed by atoms with van der Waals surface area (Å²) in [5.74, 6) is -0.917. The fourth-order valence-corrected chi connectivity index (χ4v) is 7.74. The molecule has 0 spiro atoms. The normalized spacial score (nSPS) is 12.7. The minimum absolute atomic E-state index is 0.0876. The van der Waals surface area contributed by atoms with Crippen molar-refractivity contribution in [2.75, 3.05) is 13.2 Å². The van der Waals surface area contributed by atoms with Crippen LogP contribution >= 0.6 is 0 Å². The van der Waals surface area contributed by atoms with Crippen LogP contribution in [0.1, 0.15) is 265 Å². The molecular weight excluding hydrogens is 829 g/mol. The molecule has 0 saturated heterocycles. The van der Waals surface area contributed by atoms with Crippen LogP contribution in [0.2, 0.25) is 0 Å². The SMILES string of the molecule is CC/C=C\C/C=C\C/C=C\C/C=C\CCCCCCCCCCCCC(=O)OCC(COC(=O)CCCCCCCCCCCCCCC)OC(=O)CCCCC/C=C\C/C=C\C/C=C\CC. The Morgan fingerprint density at radius 1 is 0.313 bits per heavy atom. The lowest BCUT2D eigenvalue weighted by Gasteiger charge is -2.18. The van der Waals surface area contributed by atoms with Crippen LogP contribution in [0.15, 0.2) is 85.1 Å². The third-order valence-corrected chi connectivity index (χ3v) is 11.9. The van der Waals surface area contributed by atoms with Crippen molar-refractivity contribution in [3.8, 4) is 0 Å². The van der Waals surface area contributed by atoms with Crippen LogP contribution in [0.3, 0.4) is 0 Å². The molecule has 1 atom stereocenters. The number of ether oxygens (including phenoxy) is 3. The van der Waals surface area contributed by atoms with E-state index in [1.54, 1.807) is 0 Å². The molecule has 6 nitrogen and oxygen atoms in total. The number of esters is 3. The fraction of sp³-hybridized carbons (Fsp3) is 0.721. The lowest BCUT2D eigenvalue weighted by Crippen LogP contribution is -2.30. The Labute approximate surface area is 414 Å². The van der Waals surface area contributed by atoms with Gasteiger partial charge in [-0.15, -0.1) is 0 Å². The van der Waals surface area contributed by atoms with Gasteiger partial charge in [0.2, 0.25) is 0 Å². The number of hydrogen-bond acceptors (Lipinski definition) is 6. The Hall–Kier alpha value is -3.41. The molecule has 0 aliphatic carbocycles. The van der Waals surface area contributed by atoms with Crippen molar-refractivity contribution in [3.05, 3.63) is 85.1 Å². The van der Waals surface area contributed by atoms with E-state index in [0.29, 0.717) is 19.3 Å². The molecule has 0 aliphatic heterocycles. The summed E-state index contributed by atoms with van der Waals surface area (Å²) in [5.41, 5.74) is 0. The van der Waals surface area contributed by atoms with Gasteiger partial charge in [-0.1, -0.05) is 241 Å². The second-order valence-corrected chi connectivity index (χ2v) is 18.4. The molecule has 67 heavy (non-hydrogen) atoms. The zero-order chi connectivity index (χ0) is 48.6. The summed E-state index contributed by atoms with van der Waals surface area (Å²) in [6, 6.07) is 0. The summed E-state index contributed by atoms with van der Waals surface area (Å²) in [5, 5.41) is 0. The van der Waals surface area contributed by atoms with Crippen molar-refractivity contribution >= 4 is 17.9 Å². The minimum Gasteiger partial charge on any atom is -0.462 e. The standard InChI is InChI=1S/C61H104O6/c1-4-7-10-13-16-19-22-25-26-27-28-29-30-31-32-33-34-37-39-42-45-48-51-54-60(63)66-57-58(67-61(64)55-52-49-46-43-40-36-24-21-18-15-12-9-6-3)56-65-59(62)53-50-47-44-41-38-35-23-20-17-14-11-8-5-2/h7,9-10,12,16,18-19,21,25-26,28-29,36,40,58H,4-6,8,11,13-15,17,20,22-24,27,30-35,37-39,41-57H2,1-3H3/b10-7-,12-9-,19-16-,21-18-,26-25-,29-28-,40-36-. The Morgan fingerprint density at radius 3 is 0.925 bits per heavy atom. The number of allylic oxidation sites excluding steroid dienone is 14. The quantitative estimate of drug-likeness (QED) is 0.0262. The van der Waals surface area contributed by atoms with E-state index in [-0.39, 0.29) is 31.1 Å². The molecule has 0 aliphatic rings. The van der Waals surface area contributed by atoms with Gasteiger partial charge in [0.1, 0.15) is 13.2 Å². The summed E-state index contributed by atoms with van der Waals surface area (Å²) >= 11 is 0. The zero-order valence-corrected chi connectivity index (χ0v) is 43.9. The van der Waals surface area contributed by atoms with E-state index in [4.69, 9.17) is 14.2 Å². The molecule has 0 amide bonds. The molecule has 0 N–H and O–H groups in total. The van der Waals surface area contributed by atoms with E-state index in [1.807, 2.05) is 0 Å². The monoisotopic (exact) mass is 933 g/mol. The highest BCUT2D eigenvalue weighted by Gasteiger charge is 2.19. The van der Waals surface area contributed by atoms with Crippen molar-refractivity contribution in [2.24, 2.45) is 0 Å². The molecule has 0 rings (SSSR count). The maximum absolute atomic E-state index is 12.8. The average molecular weight is 933 g/mol. The zero-order valence-electron chi connectivity index (χ0n) is 43.9. The maximum atomic E-state index is 12.8. The smallest absolute Gasteiger partial charge is 0.306 e. The Kier molecular flexibility index (Phi) is 52.4. The van der Waals surface area contributed by atoms with E-state index in [2.05, 4.69) is 106 Å². The molecule has 0 aromatic rings. The van der Waals surface area contributed by atoms with Crippen LogP contribution in [-0.2, 0) is 28.6 Å². The van der Waals surface area contributed by atoms with Crippen molar-refractivity contribution in [1.29, 1.82) is 0 Å². The highest BCUT2D eigenvalue weighted by atomic mass is 16.6. The van der Waals surface area contributed by atoms with Crippen molar-refractivity contribution in [2.45, 2.75) is 271 Å². The number of unbranched alkanes of at least 4 members (excludes halogenated alkanes) is 25. The van der Waals surface area contributed by atoms with Gasteiger partial charge in [-0.2, -0.15) is 0 Å². The summed E-state index contributed by atoms with van der Waals surface area (Å²) in [6.45, 7) is 6.39. The van der Waals surface area contributed by atoms with Gasteiger partial charge in [0, 0.05) is 19.3 Å². The van der Waals surface area contributed by atoms with E-state index in [9.17, 15) is 14.4 Å². The molecule has 6 heteroatoms. The fourth-order valence-electron chi connectivity index (χ4n) is 7.74. The van der Waals surface area contributed by atoms with Gasteiger partial charge in [-0.05, 0) is 89.9 Å². The van der Waals surface area contributed by atoms with Gasteiger partial charge in [0.25, 0.3) is 0 Å². The van der Waals surface area contributed by atoms with Gasteiger partial charge in [0.05, 0.1) is 0 Å². The molecule has 0 radical (unpaired) electrons. The summed E-state index contributed by atoms with van der Waals surface area (Å²) < 4.78 is 16.8. The molecular formula is C61H104O6. The van der Waals surface area contributed by atoms with Crippen LogP contribution in [0.4, 0.5) is 0 Å². The summed E-state index contributed by atoms with van der Waals surface area (Å²) in [6.07, 6.45) is 71.5. The molecule has 1 unspecified atom stereocenters. The number of carbonyl (C=O) groups is 3. The van der Waals surface area contributed by atoms with Gasteiger partial charge in [-0.25, -0.2) is 0 Å². The lowest BCUT2D eigenvalue weighted by molar-refractivity contribution is -0.167. The molecule has 0 aromatic carbocycles. The first-order chi connectivity index (χ1) is 33.0. The van der Waals surface area contributed by atoms with E-state index in [1.165, 1.54) is 116 Å². The van der Waals surface area contributed by atoms with Crippen molar-refractivity contribution in [1.82, 2.24) is 0 Å². The van der Waals surface area contributed by atoms with E-state index >= 15 is 0 Å². The van der Waals surface area contributed by atoms with Crippen molar-refractivity contribution in [3.63, 3.8) is 0 Å². The largest absolute Gasteiger partial charge is 0.462 e. The molecule has 0 heterocycles. The first kappa shape index (κ1) is 63.6. The van der Waals surface area contributed by atoms with Crippen LogP contribution < -0.4 is 0 Å². The highest BCUT2D eigenvalue weighted by molar-refractivity contribution is 5.71. The van der Waals surface area contributed by atoms with Crippen LogP contribution in [0, 0.1) is 0 Å². The first-order valence-electron chi connectivity index (χ1n) is 28.1. The molecule has 384 valence electrons. The maximum Gasteiger partial charge on any atom is 0.306 e. The van der Waals surface area contributed by atoms with Gasteiger partial charge >= 0.3 is 17.9 Å². The van der Waals surface area contributed by atoms with Gasteiger partial charge < -0.3 is 14.2 Å². The third kappa shape index (κ3) is 53.4. The minimum atomic E-state index is -0.791. The third-order valence-electron chi connectivity index (χ3n) is 11.9. The van der Waals surface area contributed by atoms with E-state index in [0.717, 1.165) is 109 Å². The van der Waals surface area contributed by atoms with Crippen LogP contribution in [-0.4, -0.2) is 37.2 Å². The molecule has 0 bridgehead atoms. The Bertz CT molecular complexity index is 1300. The first-order valence-corrected chi connectivity index (χ1v) is 28.1. The topological polar surface area (TPSA) is 78.9 Å².